The average Bonchev–Trinajstić information content (AvgIpc) is 3.11. The first-order valence-electron chi connectivity index (χ1n) is 10.6. The van der Waals surface area contributed by atoms with Crippen molar-refractivity contribution in [3.05, 3.63) is 99.9 Å². The molecule has 4 rings (SSSR count). The molecule has 3 aromatic rings. The van der Waals surface area contributed by atoms with Gasteiger partial charge >= 0.3 is 0 Å². The standard InChI is InChI=1S/C26H21ClN2O3S2/c27-20-8-10-21(11-9-20)28-24(30)17-32-22-12-6-19(7-13-22)16-23-25(31)29(26(33)34-23)15-14-18-4-2-1-3-5-18/h1-13,16H,14-15,17H2,(H,28,30)/b23-16-. The average molecular weight is 509 g/mol. The molecule has 1 heterocycles. The Labute approximate surface area is 212 Å². The molecule has 0 atom stereocenters. The van der Waals surface area contributed by atoms with Crippen molar-refractivity contribution < 1.29 is 14.3 Å². The lowest BCUT2D eigenvalue weighted by Gasteiger charge is -2.14. The van der Waals surface area contributed by atoms with E-state index < -0.39 is 0 Å². The zero-order valence-corrected chi connectivity index (χ0v) is 20.5. The van der Waals surface area contributed by atoms with Gasteiger partial charge in [0.25, 0.3) is 11.8 Å². The van der Waals surface area contributed by atoms with Gasteiger partial charge in [-0.1, -0.05) is 78.0 Å². The predicted octanol–water partition coefficient (Wildman–Crippen LogP) is 5.80. The monoisotopic (exact) mass is 508 g/mol. The summed E-state index contributed by atoms with van der Waals surface area (Å²) >= 11 is 12.6. The Morgan fingerprint density at radius 3 is 2.44 bits per heavy atom. The molecule has 0 unspecified atom stereocenters. The lowest BCUT2D eigenvalue weighted by Crippen LogP contribution is -2.30. The number of nitrogens with one attached hydrogen (secondary N) is 1. The van der Waals surface area contributed by atoms with Crippen molar-refractivity contribution in [1.29, 1.82) is 0 Å². The Morgan fingerprint density at radius 2 is 1.74 bits per heavy atom. The van der Waals surface area contributed by atoms with E-state index in [9.17, 15) is 9.59 Å². The van der Waals surface area contributed by atoms with Crippen LogP contribution in [0.5, 0.6) is 5.75 Å². The van der Waals surface area contributed by atoms with Gasteiger partial charge in [0, 0.05) is 17.3 Å². The quantitative estimate of drug-likeness (QED) is 0.308. The molecule has 1 aliphatic rings. The Balaban J connectivity index is 1.30. The smallest absolute Gasteiger partial charge is 0.266 e. The van der Waals surface area contributed by atoms with Crippen LogP contribution in [0.25, 0.3) is 6.08 Å². The summed E-state index contributed by atoms with van der Waals surface area (Å²) < 4.78 is 6.13. The van der Waals surface area contributed by atoms with E-state index in [2.05, 4.69) is 5.32 Å². The van der Waals surface area contributed by atoms with Crippen molar-refractivity contribution in [1.82, 2.24) is 4.90 Å². The summed E-state index contributed by atoms with van der Waals surface area (Å²) in [4.78, 5) is 27.1. The van der Waals surface area contributed by atoms with E-state index in [4.69, 9.17) is 28.6 Å². The van der Waals surface area contributed by atoms with Crippen LogP contribution in [-0.4, -0.2) is 34.2 Å². The van der Waals surface area contributed by atoms with E-state index in [-0.39, 0.29) is 18.4 Å². The molecule has 0 aromatic heterocycles. The molecule has 1 fully saturated rings. The van der Waals surface area contributed by atoms with Crippen LogP contribution < -0.4 is 10.1 Å². The maximum absolute atomic E-state index is 12.8. The second-order valence-electron chi connectivity index (χ2n) is 7.48. The molecular formula is C26H21ClN2O3S2. The minimum atomic E-state index is -0.273. The summed E-state index contributed by atoms with van der Waals surface area (Å²) in [5.41, 5.74) is 2.66. The predicted molar refractivity (Wildman–Crippen MR) is 142 cm³/mol. The molecule has 2 amide bonds. The molecule has 1 N–H and O–H groups in total. The Hall–Kier alpha value is -3.13. The van der Waals surface area contributed by atoms with Crippen molar-refractivity contribution in [3.8, 4) is 5.75 Å². The van der Waals surface area contributed by atoms with Crippen molar-refractivity contribution in [3.63, 3.8) is 0 Å². The number of halogens is 1. The molecule has 0 radical (unpaired) electrons. The van der Waals surface area contributed by atoms with Crippen LogP contribution >= 0.6 is 35.6 Å². The maximum atomic E-state index is 12.8. The Kier molecular flexibility index (Phi) is 8.00. The van der Waals surface area contributed by atoms with E-state index in [1.54, 1.807) is 41.3 Å². The van der Waals surface area contributed by atoms with Gasteiger partial charge in [-0.3, -0.25) is 14.5 Å². The Bertz CT molecular complexity index is 1210. The van der Waals surface area contributed by atoms with Crippen molar-refractivity contribution in [2.75, 3.05) is 18.5 Å². The number of thioether (sulfide) groups is 1. The number of amides is 2. The van der Waals surface area contributed by atoms with Crippen molar-refractivity contribution >= 4 is 63.5 Å². The molecule has 34 heavy (non-hydrogen) atoms. The van der Waals surface area contributed by atoms with Gasteiger partial charge in [-0.25, -0.2) is 0 Å². The number of hydrogen-bond donors (Lipinski definition) is 1. The highest BCUT2D eigenvalue weighted by Crippen LogP contribution is 2.33. The fourth-order valence-electron chi connectivity index (χ4n) is 3.27. The van der Waals surface area contributed by atoms with E-state index in [0.29, 0.717) is 32.2 Å². The Morgan fingerprint density at radius 1 is 1.03 bits per heavy atom. The molecule has 0 bridgehead atoms. The number of nitrogens with zero attached hydrogens (tertiary/aromatic N) is 1. The second-order valence-corrected chi connectivity index (χ2v) is 9.59. The highest BCUT2D eigenvalue weighted by molar-refractivity contribution is 8.26. The summed E-state index contributed by atoms with van der Waals surface area (Å²) in [5, 5.41) is 3.34. The van der Waals surface area contributed by atoms with Crippen molar-refractivity contribution in [2.45, 2.75) is 6.42 Å². The summed E-state index contributed by atoms with van der Waals surface area (Å²) in [7, 11) is 0. The summed E-state index contributed by atoms with van der Waals surface area (Å²) in [6, 6.07) is 24.1. The van der Waals surface area contributed by atoms with Gasteiger partial charge in [0.15, 0.2) is 6.61 Å². The SMILES string of the molecule is O=C(COc1ccc(/C=C2\SC(=S)N(CCc3ccccc3)C2=O)cc1)Nc1ccc(Cl)cc1. The van der Waals surface area contributed by atoms with Crippen molar-refractivity contribution in [2.24, 2.45) is 0 Å². The fraction of sp³-hybridized carbons (Fsp3) is 0.115. The van der Waals surface area contributed by atoms with Crippen LogP contribution in [0.2, 0.25) is 5.02 Å². The number of benzene rings is 3. The summed E-state index contributed by atoms with van der Waals surface area (Å²) in [6.45, 7) is 0.429. The van der Waals surface area contributed by atoms with Crippen LogP contribution in [0.3, 0.4) is 0 Å². The molecule has 8 heteroatoms. The molecule has 5 nitrogen and oxygen atoms in total. The second kappa shape index (κ2) is 11.3. The summed E-state index contributed by atoms with van der Waals surface area (Å²) in [6.07, 6.45) is 2.57. The highest BCUT2D eigenvalue weighted by atomic mass is 35.5. The van der Waals surface area contributed by atoms with Gasteiger partial charge in [0.1, 0.15) is 10.1 Å². The van der Waals surface area contributed by atoms with Gasteiger partial charge in [-0.15, -0.1) is 0 Å². The number of anilines is 1. The topological polar surface area (TPSA) is 58.6 Å². The molecule has 172 valence electrons. The van der Waals surface area contributed by atoms with Gasteiger partial charge in [0.05, 0.1) is 4.91 Å². The van der Waals surface area contributed by atoms with E-state index in [1.807, 2.05) is 48.5 Å². The molecule has 0 spiro atoms. The third kappa shape index (κ3) is 6.47. The van der Waals surface area contributed by atoms with Gasteiger partial charge in [-0.2, -0.15) is 0 Å². The van der Waals surface area contributed by atoms with Gasteiger partial charge < -0.3 is 10.1 Å². The third-order valence-corrected chi connectivity index (χ3v) is 6.65. The normalized spacial score (nSPS) is 14.5. The zero-order valence-electron chi connectivity index (χ0n) is 18.1. The van der Waals surface area contributed by atoms with Crippen LogP contribution in [0.1, 0.15) is 11.1 Å². The molecule has 0 saturated carbocycles. The first-order valence-corrected chi connectivity index (χ1v) is 12.2. The lowest BCUT2D eigenvalue weighted by molar-refractivity contribution is -0.122. The van der Waals surface area contributed by atoms with Gasteiger partial charge in [0.2, 0.25) is 0 Å². The van der Waals surface area contributed by atoms with E-state index in [0.717, 1.165) is 17.5 Å². The first-order chi connectivity index (χ1) is 16.5. The number of hydrogen-bond acceptors (Lipinski definition) is 5. The molecule has 0 aliphatic carbocycles. The molecule has 3 aromatic carbocycles. The van der Waals surface area contributed by atoms with Crippen LogP contribution in [-0.2, 0) is 16.0 Å². The van der Waals surface area contributed by atoms with Gasteiger partial charge in [-0.05, 0) is 60.0 Å². The van der Waals surface area contributed by atoms with E-state index in [1.165, 1.54) is 11.8 Å². The fourth-order valence-corrected chi connectivity index (χ4v) is 4.70. The third-order valence-electron chi connectivity index (χ3n) is 5.02. The molecule has 1 aliphatic heterocycles. The number of thiocarbonyl (C=S) groups is 1. The molecule has 1 saturated heterocycles. The summed E-state index contributed by atoms with van der Waals surface area (Å²) in [5.74, 6) is 0.203. The van der Waals surface area contributed by atoms with E-state index >= 15 is 0 Å². The number of carbonyl (C=O) groups excluding carboxylic acids is 2. The first kappa shape index (κ1) is 24.0. The van der Waals surface area contributed by atoms with Crippen LogP contribution in [0, 0.1) is 0 Å². The minimum absolute atomic E-state index is 0.0786. The van der Waals surface area contributed by atoms with Crippen LogP contribution in [0.15, 0.2) is 83.8 Å². The number of ether oxygens (including phenoxy) is 1. The lowest BCUT2D eigenvalue weighted by atomic mass is 10.1. The largest absolute Gasteiger partial charge is 0.484 e. The maximum Gasteiger partial charge on any atom is 0.266 e. The number of carbonyl (C=O) groups is 2. The van der Waals surface area contributed by atoms with Crippen LogP contribution in [0.4, 0.5) is 5.69 Å². The zero-order chi connectivity index (χ0) is 23.9. The molecular weight excluding hydrogens is 488 g/mol. The highest BCUT2D eigenvalue weighted by Gasteiger charge is 2.31. The minimum Gasteiger partial charge on any atom is -0.484 e. The number of rotatable bonds is 8.